The van der Waals surface area contributed by atoms with Crippen LogP contribution in [0.5, 0.6) is 0 Å². The molecule has 0 aliphatic heterocycles. The first-order valence-electron chi connectivity index (χ1n) is 6.61. The Morgan fingerprint density at radius 3 is 2.47 bits per heavy atom. The highest BCUT2D eigenvalue weighted by Gasteiger charge is 2.28. The Kier molecular flexibility index (Phi) is 4.25. The second kappa shape index (κ2) is 5.58. The van der Waals surface area contributed by atoms with Crippen LogP contribution in [0.4, 0.5) is 0 Å². The largest absolute Gasteiger partial charge is 0.339 e. The molecule has 0 radical (unpaired) electrons. The van der Waals surface area contributed by atoms with Crippen LogP contribution in [0.3, 0.4) is 0 Å². The number of hydrogen-bond acceptors (Lipinski definition) is 6. The van der Waals surface area contributed by atoms with E-state index in [0.717, 1.165) is 25.7 Å². The van der Waals surface area contributed by atoms with Gasteiger partial charge in [0, 0.05) is 18.2 Å². The monoisotopic (exact) mass is 287 g/mol. The van der Waals surface area contributed by atoms with E-state index in [4.69, 9.17) is 4.52 Å². The molecule has 1 saturated carbocycles. The zero-order valence-electron chi connectivity index (χ0n) is 11.6. The molecule has 2 rings (SSSR count). The van der Waals surface area contributed by atoms with E-state index in [-0.39, 0.29) is 11.7 Å². The van der Waals surface area contributed by atoms with Gasteiger partial charge in [0.25, 0.3) is 0 Å². The lowest BCUT2D eigenvalue weighted by molar-refractivity contribution is 0.287. The van der Waals surface area contributed by atoms with Gasteiger partial charge in [-0.3, -0.25) is 0 Å². The Labute approximate surface area is 113 Å². The molecular formula is C12H21N3O3S. The van der Waals surface area contributed by atoms with Gasteiger partial charge in [-0.2, -0.15) is 4.98 Å². The summed E-state index contributed by atoms with van der Waals surface area (Å²) < 4.78 is 28.2. The van der Waals surface area contributed by atoms with E-state index in [9.17, 15) is 8.42 Å². The van der Waals surface area contributed by atoms with E-state index in [1.54, 1.807) is 6.92 Å². The number of rotatable bonds is 4. The Morgan fingerprint density at radius 1 is 1.32 bits per heavy atom. The first-order valence-corrected chi connectivity index (χ1v) is 8.57. The van der Waals surface area contributed by atoms with Gasteiger partial charge < -0.3 is 9.84 Å². The minimum absolute atomic E-state index is 0.262. The van der Waals surface area contributed by atoms with Crippen LogP contribution in [0.2, 0.25) is 0 Å². The van der Waals surface area contributed by atoms with Crippen LogP contribution < -0.4 is 5.32 Å². The second-order valence-electron chi connectivity index (χ2n) is 5.30. The molecular weight excluding hydrogens is 266 g/mol. The quantitative estimate of drug-likeness (QED) is 0.901. The van der Waals surface area contributed by atoms with Crippen molar-refractivity contribution in [2.24, 2.45) is 0 Å². The zero-order valence-corrected chi connectivity index (χ0v) is 12.4. The maximum Gasteiger partial charge on any atom is 0.229 e. The van der Waals surface area contributed by atoms with Gasteiger partial charge >= 0.3 is 0 Å². The zero-order chi connectivity index (χ0) is 14.0. The van der Waals surface area contributed by atoms with Crippen LogP contribution >= 0.6 is 0 Å². The van der Waals surface area contributed by atoms with E-state index < -0.39 is 15.1 Å². The summed E-state index contributed by atoms with van der Waals surface area (Å²) in [6, 6.07) is 0.564. The molecule has 6 nitrogen and oxygen atoms in total. The predicted octanol–water partition coefficient (Wildman–Crippen LogP) is 1.42. The van der Waals surface area contributed by atoms with Gasteiger partial charge in [-0.1, -0.05) is 5.16 Å². The van der Waals surface area contributed by atoms with Crippen LogP contribution in [-0.2, 0) is 9.84 Å². The van der Waals surface area contributed by atoms with Crippen molar-refractivity contribution in [3.05, 3.63) is 11.7 Å². The van der Waals surface area contributed by atoms with Gasteiger partial charge in [0.2, 0.25) is 5.89 Å². The van der Waals surface area contributed by atoms with Crippen LogP contribution in [0, 0.1) is 0 Å². The van der Waals surface area contributed by atoms with Gasteiger partial charge in [0.1, 0.15) is 5.25 Å². The van der Waals surface area contributed by atoms with Crippen molar-refractivity contribution in [3.63, 3.8) is 0 Å². The molecule has 1 unspecified atom stereocenters. The van der Waals surface area contributed by atoms with Crippen molar-refractivity contribution in [2.45, 2.75) is 49.8 Å². The van der Waals surface area contributed by atoms with Crippen LogP contribution in [0.1, 0.15) is 55.5 Å². The number of sulfone groups is 1. The first-order chi connectivity index (χ1) is 8.91. The second-order valence-corrected chi connectivity index (χ2v) is 7.67. The molecule has 1 aromatic rings. The SMILES string of the molecule is CNC1CCC(c2nc(C(C)S(C)(=O)=O)no2)CC1. The molecule has 0 bridgehead atoms. The van der Waals surface area contributed by atoms with Gasteiger partial charge in [-0.25, -0.2) is 8.42 Å². The normalized spacial score (nSPS) is 26.3. The molecule has 1 fully saturated rings. The summed E-state index contributed by atoms with van der Waals surface area (Å²) in [4.78, 5) is 4.27. The summed E-state index contributed by atoms with van der Waals surface area (Å²) in [6.45, 7) is 1.59. The fourth-order valence-electron chi connectivity index (χ4n) is 2.40. The molecule has 0 spiro atoms. The molecule has 1 aliphatic rings. The lowest BCUT2D eigenvalue weighted by Gasteiger charge is -2.25. The van der Waals surface area contributed by atoms with Crippen LogP contribution in [0.15, 0.2) is 4.52 Å². The molecule has 19 heavy (non-hydrogen) atoms. The minimum Gasteiger partial charge on any atom is -0.339 e. The molecule has 1 aromatic heterocycles. The molecule has 7 heteroatoms. The maximum atomic E-state index is 11.5. The summed E-state index contributed by atoms with van der Waals surface area (Å²) in [5.41, 5.74) is 0. The highest BCUT2D eigenvalue weighted by molar-refractivity contribution is 7.90. The number of aromatic nitrogens is 2. The topological polar surface area (TPSA) is 85.1 Å². The number of hydrogen-bond donors (Lipinski definition) is 1. The highest BCUT2D eigenvalue weighted by Crippen LogP contribution is 2.32. The summed E-state index contributed by atoms with van der Waals surface area (Å²) in [5.74, 6) is 1.12. The van der Waals surface area contributed by atoms with E-state index in [2.05, 4.69) is 15.5 Å². The molecule has 0 aromatic carbocycles. The highest BCUT2D eigenvalue weighted by atomic mass is 32.2. The maximum absolute atomic E-state index is 11.5. The van der Waals surface area contributed by atoms with Crippen molar-refractivity contribution in [3.8, 4) is 0 Å². The third-order valence-corrected chi connectivity index (χ3v) is 5.44. The summed E-state index contributed by atoms with van der Waals surface area (Å²) >= 11 is 0. The molecule has 1 atom stereocenters. The van der Waals surface area contributed by atoms with Gasteiger partial charge in [0.05, 0.1) is 0 Å². The Bertz CT molecular complexity index is 518. The predicted molar refractivity (Wildman–Crippen MR) is 71.6 cm³/mol. The number of nitrogens with one attached hydrogen (secondary N) is 1. The summed E-state index contributed by atoms with van der Waals surface area (Å²) in [7, 11) is -1.21. The third-order valence-electron chi connectivity index (χ3n) is 3.95. The van der Waals surface area contributed by atoms with Gasteiger partial charge in [-0.15, -0.1) is 0 Å². The van der Waals surface area contributed by atoms with Gasteiger partial charge in [0.15, 0.2) is 15.7 Å². The smallest absolute Gasteiger partial charge is 0.229 e. The molecule has 108 valence electrons. The van der Waals surface area contributed by atoms with Crippen LogP contribution in [-0.4, -0.2) is 37.9 Å². The standard InChI is InChI=1S/C12H21N3O3S/c1-8(19(3,16)17)11-14-12(18-15-11)9-4-6-10(13-2)7-5-9/h8-10,13H,4-7H2,1-3H3. The molecule has 1 heterocycles. The fraction of sp³-hybridized carbons (Fsp3) is 0.833. The fourth-order valence-corrected chi connectivity index (χ4v) is 2.88. The Balaban J connectivity index is 2.06. The van der Waals surface area contributed by atoms with Crippen molar-refractivity contribution in [2.75, 3.05) is 13.3 Å². The van der Waals surface area contributed by atoms with E-state index in [0.29, 0.717) is 11.9 Å². The summed E-state index contributed by atoms with van der Waals surface area (Å²) in [5, 5.41) is 6.38. The third kappa shape index (κ3) is 3.33. The molecule has 1 aliphatic carbocycles. The van der Waals surface area contributed by atoms with Gasteiger partial charge in [-0.05, 0) is 39.7 Å². The minimum atomic E-state index is -3.18. The summed E-state index contributed by atoms with van der Waals surface area (Å²) in [6.07, 6.45) is 5.35. The van der Waals surface area contributed by atoms with E-state index in [1.165, 1.54) is 6.26 Å². The first kappa shape index (κ1) is 14.5. The van der Waals surface area contributed by atoms with Crippen molar-refractivity contribution in [1.82, 2.24) is 15.5 Å². The van der Waals surface area contributed by atoms with Crippen molar-refractivity contribution in [1.29, 1.82) is 0 Å². The average molecular weight is 287 g/mol. The van der Waals surface area contributed by atoms with Crippen molar-refractivity contribution >= 4 is 9.84 Å². The average Bonchev–Trinajstić information content (AvgIpc) is 2.86. The lowest BCUT2D eigenvalue weighted by atomic mass is 9.86. The van der Waals surface area contributed by atoms with E-state index in [1.807, 2.05) is 7.05 Å². The van der Waals surface area contributed by atoms with E-state index >= 15 is 0 Å². The molecule has 1 N–H and O–H groups in total. The number of nitrogens with zero attached hydrogens (tertiary/aromatic N) is 2. The van der Waals surface area contributed by atoms with Crippen LogP contribution in [0.25, 0.3) is 0 Å². The van der Waals surface area contributed by atoms with Crippen molar-refractivity contribution < 1.29 is 12.9 Å². The Morgan fingerprint density at radius 2 is 1.95 bits per heavy atom. The molecule has 0 saturated heterocycles. The molecule has 0 amide bonds. The lowest BCUT2D eigenvalue weighted by Crippen LogP contribution is -2.29. The Hall–Kier alpha value is -0.950.